The average Bonchev–Trinajstić information content (AvgIpc) is 3.07. The van der Waals surface area contributed by atoms with Gasteiger partial charge in [0, 0.05) is 13.3 Å². The van der Waals surface area contributed by atoms with Crippen molar-refractivity contribution >= 4 is 41.1 Å². The summed E-state index contributed by atoms with van der Waals surface area (Å²) in [5.41, 5.74) is 2.06. The second-order valence-corrected chi connectivity index (χ2v) is 12.4. The zero-order chi connectivity index (χ0) is 35.7. The van der Waals surface area contributed by atoms with Gasteiger partial charge in [-0.05, 0) is 67.6 Å². The number of carboxylic acids is 1. The van der Waals surface area contributed by atoms with Crippen LogP contribution in [-0.4, -0.2) is 46.5 Å². The Balaban J connectivity index is 1.82. The van der Waals surface area contributed by atoms with Crippen molar-refractivity contribution in [2.45, 2.75) is 65.2 Å². The van der Waals surface area contributed by atoms with Crippen molar-refractivity contribution in [2.75, 3.05) is 4.90 Å². The van der Waals surface area contributed by atoms with E-state index in [4.69, 9.17) is 9.47 Å². The summed E-state index contributed by atoms with van der Waals surface area (Å²) in [7, 11) is 0. The molecule has 10 heteroatoms. The van der Waals surface area contributed by atoms with Crippen molar-refractivity contribution in [1.29, 1.82) is 0 Å². The fourth-order valence-corrected chi connectivity index (χ4v) is 5.31. The van der Waals surface area contributed by atoms with Gasteiger partial charge >= 0.3 is 23.8 Å². The number of benzene rings is 4. The minimum Gasteiger partial charge on any atom is -0.480 e. The van der Waals surface area contributed by atoms with Crippen LogP contribution in [-0.2, 0) is 41.5 Å². The highest BCUT2D eigenvalue weighted by molar-refractivity contribution is 6.40. The number of aliphatic carboxylic acids is 1. The quantitative estimate of drug-likeness (QED) is 0.140. The number of nitrogens with zero attached hydrogens (tertiary/aromatic N) is 1. The maximum Gasteiger partial charge on any atom is 0.398 e. The van der Waals surface area contributed by atoms with Crippen molar-refractivity contribution in [1.82, 2.24) is 5.32 Å². The minimum absolute atomic E-state index is 0.0223. The van der Waals surface area contributed by atoms with E-state index in [1.807, 2.05) is 67.6 Å². The molecule has 0 saturated heterocycles. The molecule has 0 fully saturated rings. The van der Waals surface area contributed by atoms with E-state index in [1.54, 1.807) is 57.2 Å². The Hall–Kier alpha value is -5.77. The van der Waals surface area contributed by atoms with E-state index >= 15 is 0 Å². The van der Waals surface area contributed by atoms with Crippen LogP contribution >= 0.6 is 0 Å². The number of nitrogens with one attached hydrogen (secondary N) is 1. The highest BCUT2D eigenvalue weighted by Gasteiger charge is 2.34. The van der Waals surface area contributed by atoms with Crippen LogP contribution in [0, 0.1) is 0 Å². The molecule has 0 bridgehead atoms. The topological polar surface area (TPSA) is 139 Å². The molecule has 4 aromatic rings. The predicted octanol–water partition coefficient (Wildman–Crippen LogP) is 6.33. The lowest BCUT2D eigenvalue weighted by atomic mass is 9.99. The van der Waals surface area contributed by atoms with Crippen molar-refractivity contribution in [3.63, 3.8) is 0 Å². The summed E-state index contributed by atoms with van der Waals surface area (Å²) < 4.78 is 11.6. The third-order valence-electron chi connectivity index (χ3n) is 7.45. The van der Waals surface area contributed by atoms with Gasteiger partial charge in [-0.3, -0.25) is 14.5 Å². The summed E-state index contributed by atoms with van der Waals surface area (Å²) in [4.78, 5) is 66.1. The van der Waals surface area contributed by atoms with Gasteiger partial charge in [0.05, 0.1) is 16.9 Å². The Morgan fingerprint density at radius 1 is 0.796 bits per heavy atom. The van der Waals surface area contributed by atoms with Crippen LogP contribution in [0.4, 0.5) is 11.4 Å². The van der Waals surface area contributed by atoms with Gasteiger partial charge in [0.1, 0.15) is 11.6 Å². The number of aryl methyl sites for hydroxylation is 1. The largest absolute Gasteiger partial charge is 0.480 e. The number of para-hydroxylation sites is 1. The van der Waals surface area contributed by atoms with Gasteiger partial charge in [0.15, 0.2) is 6.10 Å². The minimum atomic E-state index is -1.20. The van der Waals surface area contributed by atoms with Gasteiger partial charge in [0.2, 0.25) is 5.91 Å². The molecule has 254 valence electrons. The third-order valence-corrected chi connectivity index (χ3v) is 7.45. The summed E-state index contributed by atoms with van der Waals surface area (Å²) in [6.45, 7) is 8.00. The molecule has 2 amide bonds. The maximum absolute atomic E-state index is 14.1. The normalized spacial score (nSPS) is 11.7. The molecule has 0 aliphatic carbocycles. The summed E-state index contributed by atoms with van der Waals surface area (Å²) in [6.07, 6.45) is -0.421. The molecule has 10 nitrogen and oxygen atoms in total. The van der Waals surface area contributed by atoms with E-state index in [-0.39, 0.29) is 23.4 Å². The molecule has 4 aromatic carbocycles. The van der Waals surface area contributed by atoms with E-state index in [0.29, 0.717) is 17.5 Å². The monoisotopic (exact) mass is 664 g/mol. The second kappa shape index (κ2) is 15.9. The van der Waals surface area contributed by atoms with Gasteiger partial charge < -0.3 is 19.9 Å². The Morgan fingerprint density at radius 2 is 1.37 bits per heavy atom. The van der Waals surface area contributed by atoms with E-state index in [0.717, 1.165) is 16.0 Å². The molecule has 0 aromatic heterocycles. The van der Waals surface area contributed by atoms with Crippen LogP contribution < -0.4 is 10.2 Å². The molecule has 4 rings (SSSR count). The Morgan fingerprint density at radius 3 is 1.90 bits per heavy atom. The summed E-state index contributed by atoms with van der Waals surface area (Å²) in [6, 6.07) is 28.6. The van der Waals surface area contributed by atoms with Gasteiger partial charge in [-0.1, -0.05) is 91.9 Å². The molecule has 0 aliphatic rings. The van der Waals surface area contributed by atoms with Crippen molar-refractivity contribution < 1.29 is 38.6 Å². The first-order valence-corrected chi connectivity index (χ1v) is 15.9. The van der Waals surface area contributed by atoms with E-state index in [9.17, 15) is 29.1 Å². The molecule has 49 heavy (non-hydrogen) atoms. The van der Waals surface area contributed by atoms with Crippen LogP contribution in [0.1, 0.15) is 73.3 Å². The first-order valence-electron chi connectivity index (χ1n) is 15.9. The number of carbonyl (C=O) groups is 5. The number of carboxylic acid groups (broad SMARTS) is 1. The number of carbonyl (C=O) groups excluding carboxylic acids is 4. The number of hydrogen-bond acceptors (Lipinski definition) is 7. The Kier molecular flexibility index (Phi) is 11.7. The summed E-state index contributed by atoms with van der Waals surface area (Å²) in [5, 5.41) is 12.1. The van der Waals surface area contributed by atoms with Crippen LogP contribution in [0.2, 0.25) is 0 Å². The molecular formula is C39H40N2O8. The molecule has 0 radical (unpaired) electrons. The highest BCUT2D eigenvalue weighted by atomic mass is 16.6. The molecule has 0 heterocycles. The number of ether oxygens (including phenoxy) is 2. The zero-order valence-corrected chi connectivity index (χ0v) is 28.1. The first kappa shape index (κ1) is 36.1. The summed E-state index contributed by atoms with van der Waals surface area (Å²) in [5.74, 6) is -4.59. The van der Waals surface area contributed by atoms with E-state index in [2.05, 4.69) is 5.32 Å². The molecule has 1 atom stereocenters. The first-order chi connectivity index (χ1) is 23.3. The number of amides is 2. The molecule has 2 N–H and O–H groups in total. The maximum atomic E-state index is 14.1. The van der Waals surface area contributed by atoms with Crippen molar-refractivity contribution in [2.24, 2.45) is 0 Å². The fourth-order valence-electron chi connectivity index (χ4n) is 5.31. The Labute approximate surface area is 285 Å². The van der Waals surface area contributed by atoms with Crippen LogP contribution in [0.3, 0.4) is 0 Å². The van der Waals surface area contributed by atoms with Gasteiger partial charge in [-0.25, -0.2) is 14.4 Å². The van der Waals surface area contributed by atoms with Crippen molar-refractivity contribution in [3.05, 3.63) is 131 Å². The molecule has 1 unspecified atom stereocenters. The molecule has 0 saturated carbocycles. The average molecular weight is 665 g/mol. The lowest BCUT2D eigenvalue weighted by Crippen LogP contribution is -2.41. The second-order valence-electron chi connectivity index (χ2n) is 12.4. The zero-order valence-electron chi connectivity index (χ0n) is 28.1. The van der Waals surface area contributed by atoms with Crippen molar-refractivity contribution in [3.8, 4) is 0 Å². The van der Waals surface area contributed by atoms with E-state index < -0.39 is 47.5 Å². The number of rotatable bonds is 11. The van der Waals surface area contributed by atoms with Gasteiger partial charge in [-0.2, -0.15) is 0 Å². The third kappa shape index (κ3) is 9.41. The smallest absolute Gasteiger partial charge is 0.398 e. The van der Waals surface area contributed by atoms with Crippen LogP contribution in [0.25, 0.3) is 0 Å². The molecular weight excluding hydrogens is 624 g/mol. The van der Waals surface area contributed by atoms with Gasteiger partial charge in [0.25, 0.3) is 0 Å². The molecule has 0 aliphatic heterocycles. The SMILES string of the molecule is CCc1cc(CC(NC(C)=O)C(=O)O)ccc1N(C(=O)C(=O)OC(C)(C)C)c1ccccc1C(=O)OC(c1ccccc1)c1ccccc1. The lowest BCUT2D eigenvalue weighted by molar-refractivity contribution is -0.162. The summed E-state index contributed by atoms with van der Waals surface area (Å²) >= 11 is 0. The highest BCUT2D eigenvalue weighted by Crippen LogP contribution is 2.35. The number of anilines is 2. The Bertz CT molecular complexity index is 1780. The lowest BCUT2D eigenvalue weighted by Gasteiger charge is -2.28. The van der Waals surface area contributed by atoms with Crippen LogP contribution in [0.15, 0.2) is 103 Å². The number of esters is 2. The van der Waals surface area contributed by atoms with Crippen LogP contribution in [0.5, 0.6) is 0 Å². The molecule has 0 spiro atoms. The fraction of sp³-hybridized carbons (Fsp3) is 0.256. The predicted molar refractivity (Wildman–Crippen MR) is 184 cm³/mol. The standard InChI is InChI=1S/C39H40N2O8/c1-6-27-23-26(24-31(36(44)45)40-25(2)42)21-22-32(27)41(35(43)38(47)49-39(3,4)5)33-20-14-13-19-30(33)37(46)48-34(28-15-9-7-10-16-28)29-17-11-8-12-18-29/h7-23,31,34H,6,24H2,1-5H3,(H,40,42)(H,44,45). The van der Waals surface area contributed by atoms with E-state index in [1.165, 1.54) is 13.0 Å². The van der Waals surface area contributed by atoms with Gasteiger partial charge in [-0.15, -0.1) is 0 Å². The number of hydrogen-bond donors (Lipinski definition) is 2.